The van der Waals surface area contributed by atoms with Crippen molar-refractivity contribution >= 4 is 16.6 Å². The van der Waals surface area contributed by atoms with E-state index in [9.17, 15) is 10.1 Å². The van der Waals surface area contributed by atoms with Crippen molar-refractivity contribution in [3.8, 4) is 0 Å². The molecule has 0 aliphatic heterocycles. The SMILES string of the molecule is O=[N+]([O-])c1ccc2nn(C3CCC(CO)CC3)cc2c1. The fraction of sp³-hybridized carbons (Fsp3) is 0.500. The van der Waals surface area contributed by atoms with Crippen molar-refractivity contribution in [1.29, 1.82) is 0 Å². The molecule has 106 valence electrons. The maximum atomic E-state index is 10.8. The van der Waals surface area contributed by atoms with E-state index in [0.717, 1.165) is 36.6 Å². The number of nitro groups is 1. The number of nitrogens with zero attached hydrogens (tertiary/aromatic N) is 3. The van der Waals surface area contributed by atoms with Crippen LogP contribution in [-0.2, 0) is 0 Å². The molecule has 2 aromatic rings. The van der Waals surface area contributed by atoms with Crippen LogP contribution < -0.4 is 0 Å². The van der Waals surface area contributed by atoms with Crippen molar-refractivity contribution in [2.24, 2.45) is 5.92 Å². The molecule has 0 atom stereocenters. The van der Waals surface area contributed by atoms with E-state index < -0.39 is 0 Å². The summed E-state index contributed by atoms with van der Waals surface area (Å²) in [5.74, 6) is 0.414. The van der Waals surface area contributed by atoms with Gasteiger partial charge in [-0.3, -0.25) is 14.8 Å². The molecule has 0 bridgehead atoms. The molecule has 0 unspecified atom stereocenters. The Morgan fingerprint density at radius 1 is 1.35 bits per heavy atom. The Balaban J connectivity index is 1.84. The molecule has 3 rings (SSSR count). The number of non-ortho nitro benzene ring substituents is 1. The van der Waals surface area contributed by atoms with Crippen LogP contribution in [0.5, 0.6) is 0 Å². The average Bonchev–Trinajstić information content (AvgIpc) is 2.90. The molecule has 1 aromatic heterocycles. The van der Waals surface area contributed by atoms with Crippen LogP contribution >= 0.6 is 0 Å². The van der Waals surface area contributed by atoms with Crippen LogP contribution in [0.4, 0.5) is 5.69 Å². The van der Waals surface area contributed by atoms with E-state index in [1.807, 2.05) is 10.9 Å². The number of aliphatic hydroxyl groups excluding tert-OH is 1. The number of aromatic nitrogens is 2. The van der Waals surface area contributed by atoms with E-state index in [0.29, 0.717) is 12.0 Å². The van der Waals surface area contributed by atoms with Crippen molar-refractivity contribution < 1.29 is 10.0 Å². The summed E-state index contributed by atoms with van der Waals surface area (Å²) in [6.07, 6.45) is 5.92. The molecule has 1 aliphatic carbocycles. The fourth-order valence-corrected chi connectivity index (χ4v) is 2.92. The summed E-state index contributed by atoms with van der Waals surface area (Å²) in [4.78, 5) is 10.4. The van der Waals surface area contributed by atoms with E-state index >= 15 is 0 Å². The number of aliphatic hydroxyl groups is 1. The minimum absolute atomic E-state index is 0.0982. The third-order valence-electron chi connectivity index (χ3n) is 4.17. The summed E-state index contributed by atoms with van der Waals surface area (Å²) >= 11 is 0. The highest BCUT2D eigenvalue weighted by Gasteiger charge is 2.22. The lowest BCUT2D eigenvalue weighted by atomic mass is 9.87. The highest BCUT2D eigenvalue weighted by molar-refractivity contribution is 5.80. The second-order valence-electron chi connectivity index (χ2n) is 5.47. The zero-order chi connectivity index (χ0) is 14.1. The Labute approximate surface area is 116 Å². The topological polar surface area (TPSA) is 81.2 Å². The highest BCUT2D eigenvalue weighted by Crippen LogP contribution is 2.32. The molecule has 1 saturated carbocycles. The molecule has 1 aromatic carbocycles. The first-order valence-corrected chi connectivity index (χ1v) is 6.91. The molecule has 1 N–H and O–H groups in total. The van der Waals surface area contributed by atoms with E-state index in [-0.39, 0.29) is 17.2 Å². The zero-order valence-corrected chi connectivity index (χ0v) is 11.1. The molecule has 0 saturated heterocycles. The maximum Gasteiger partial charge on any atom is 0.270 e. The first kappa shape index (κ1) is 13.1. The van der Waals surface area contributed by atoms with Crippen LogP contribution in [-0.4, -0.2) is 26.4 Å². The fourth-order valence-electron chi connectivity index (χ4n) is 2.92. The van der Waals surface area contributed by atoms with E-state index in [1.165, 1.54) is 6.07 Å². The number of hydrogen-bond acceptors (Lipinski definition) is 4. The van der Waals surface area contributed by atoms with Crippen LogP contribution in [0.1, 0.15) is 31.7 Å². The minimum atomic E-state index is -0.386. The van der Waals surface area contributed by atoms with E-state index in [1.54, 1.807) is 12.1 Å². The number of rotatable bonds is 3. The largest absolute Gasteiger partial charge is 0.396 e. The van der Waals surface area contributed by atoms with Gasteiger partial charge in [0, 0.05) is 30.3 Å². The van der Waals surface area contributed by atoms with Gasteiger partial charge in [-0.15, -0.1) is 0 Å². The van der Waals surface area contributed by atoms with Crippen molar-refractivity contribution in [2.45, 2.75) is 31.7 Å². The normalized spacial score (nSPS) is 23.1. The van der Waals surface area contributed by atoms with Gasteiger partial charge in [0.2, 0.25) is 0 Å². The predicted octanol–water partition coefficient (Wildman–Crippen LogP) is 2.67. The molecule has 20 heavy (non-hydrogen) atoms. The van der Waals surface area contributed by atoms with E-state index in [2.05, 4.69) is 5.10 Å². The van der Waals surface area contributed by atoms with Gasteiger partial charge in [0.1, 0.15) is 0 Å². The number of fused-ring (bicyclic) bond motifs is 1. The van der Waals surface area contributed by atoms with Gasteiger partial charge in [0.25, 0.3) is 5.69 Å². The molecular formula is C14H17N3O3. The molecule has 1 heterocycles. The highest BCUT2D eigenvalue weighted by atomic mass is 16.6. The van der Waals surface area contributed by atoms with Crippen LogP contribution in [0, 0.1) is 16.0 Å². The second-order valence-corrected chi connectivity index (χ2v) is 5.47. The second kappa shape index (κ2) is 5.20. The Hall–Kier alpha value is -1.95. The van der Waals surface area contributed by atoms with Crippen molar-refractivity contribution in [1.82, 2.24) is 9.78 Å². The van der Waals surface area contributed by atoms with Crippen LogP contribution in [0.15, 0.2) is 24.4 Å². The van der Waals surface area contributed by atoms with Gasteiger partial charge < -0.3 is 5.11 Å². The first-order valence-electron chi connectivity index (χ1n) is 6.91. The van der Waals surface area contributed by atoms with Gasteiger partial charge in [-0.25, -0.2) is 0 Å². The summed E-state index contributed by atoms with van der Waals surface area (Å²) < 4.78 is 1.93. The lowest BCUT2D eigenvalue weighted by Crippen LogP contribution is -2.20. The molecule has 1 aliphatic rings. The Morgan fingerprint density at radius 2 is 2.10 bits per heavy atom. The summed E-state index contributed by atoms with van der Waals surface area (Å²) in [5, 5.41) is 25.3. The summed E-state index contributed by atoms with van der Waals surface area (Å²) in [6.45, 7) is 0.264. The van der Waals surface area contributed by atoms with Gasteiger partial charge in [-0.05, 0) is 37.7 Å². The van der Waals surface area contributed by atoms with Crippen molar-refractivity contribution in [2.75, 3.05) is 6.61 Å². The van der Waals surface area contributed by atoms with Crippen LogP contribution in [0.25, 0.3) is 10.9 Å². The number of nitro benzene ring substituents is 1. The van der Waals surface area contributed by atoms with Gasteiger partial charge >= 0.3 is 0 Å². The smallest absolute Gasteiger partial charge is 0.270 e. The monoisotopic (exact) mass is 275 g/mol. The Kier molecular flexibility index (Phi) is 3.40. The predicted molar refractivity (Wildman–Crippen MR) is 74.5 cm³/mol. The van der Waals surface area contributed by atoms with Gasteiger partial charge in [0.15, 0.2) is 0 Å². The maximum absolute atomic E-state index is 10.8. The minimum Gasteiger partial charge on any atom is -0.396 e. The van der Waals surface area contributed by atoms with Gasteiger partial charge in [-0.2, -0.15) is 5.10 Å². The molecule has 0 amide bonds. The lowest BCUT2D eigenvalue weighted by molar-refractivity contribution is -0.384. The van der Waals surface area contributed by atoms with Gasteiger partial charge in [0.05, 0.1) is 16.5 Å². The Morgan fingerprint density at radius 3 is 2.75 bits per heavy atom. The molecule has 6 nitrogen and oxygen atoms in total. The summed E-state index contributed by atoms with van der Waals surface area (Å²) in [6, 6.07) is 5.09. The average molecular weight is 275 g/mol. The quantitative estimate of drug-likeness (QED) is 0.689. The number of hydrogen-bond donors (Lipinski definition) is 1. The summed E-state index contributed by atoms with van der Waals surface area (Å²) in [5.41, 5.74) is 0.890. The van der Waals surface area contributed by atoms with Gasteiger partial charge in [-0.1, -0.05) is 0 Å². The van der Waals surface area contributed by atoms with E-state index in [4.69, 9.17) is 5.11 Å². The molecule has 0 spiro atoms. The van der Waals surface area contributed by atoms with Crippen LogP contribution in [0.3, 0.4) is 0 Å². The molecular weight excluding hydrogens is 258 g/mol. The number of benzene rings is 1. The molecule has 0 radical (unpaired) electrons. The van der Waals surface area contributed by atoms with Crippen molar-refractivity contribution in [3.05, 3.63) is 34.5 Å². The van der Waals surface area contributed by atoms with Crippen LogP contribution in [0.2, 0.25) is 0 Å². The first-order chi connectivity index (χ1) is 9.67. The third kappa shape index (κ3) is 2.38. The summed E-state index contributed by atoms with van der Waals surface area (Å²) in [7, 11) is 0. The molecule has 1 fully saturated rings. The molecule has 6 heteroatoms. The lowest BCUT2D eigenvalue weighted by Gasteiger charge is -2.27. The Bertz CT molecular complexity index is 630. The van der Waals surface area contributed by atoms with Crippen molar-refractivity contribution in [3.63, 3.8) is 0 Å². The third-order valence-corrected chi connectivity index (χ3v) is 4.17. The standard InChI is InChI=1S/C14H17N3O3/c18-9-10-1-3-12(4-2-10)16-8-11-7-13(17(19)20)5-6-14(11)15-16/h5-8,10,12,18H,1-4,9H2. The zero-order valence-electron chi connectivity index (χ0n) is 11.1.